The molecule has 0 aliphatic carbocycles. The predicted molar refractivity (Wildman–Crippen MR) is 151 cm³/mol. The van der Waals surface area contributed by atoms with E-state index in [4.69, 9.17) is 32.7 Å². The van der Waals surface area contributed by atoms with E-state index in [9.17, 15) is 19.2 Å². The SMILES string of the molecule is COc1cc(/C=C2/C(=O)NC(=O)N(c3ccc(Cl)cc3)C2=O)cc(Br)c1OCC(=O)Nc1ccc(C)c(Cl)c1. The number of carbonyl (C=O) groups is 4. The van der Waals surface area contributed by atoms with Crippen LogP contribution in [0.2, 0.25) is 10.0 Å². The van der Waals surface area contributed by atoms with Gasteiger partial charge in [-0.1, -0.05) is 29.3 Å². The van der Waals surface area contributed by atoms with E-state index in [0.717, 1.165) is 10.5 Å². The van der Waals surface area contributed by atoms with Gasteiger partial charge in [-0.25, -0.2) is 9.69 Å². The van der Waals surface area contributed by atoms with E-state index < -0.39 is 23.8 Å². The van der Waals surface area contributed by atoms with Crippen LogP contribution in [0.5, 0.6) is 11.5 Å². The fourth-order valence-electron chi connectivity index (χ4n) is 3.62. The standard InChI is InChI=1S/C27H20BrCl2N3O6/c1-14-3-6-17(12-21(14)30)31-23(34)13-39-24-20(28)10-15(11-22(24)38-2)9-19-25(35)32-27(37)33(26(19)36)18-7-4-16(29)5-8-18/h3-12H,13H2,1-2H3,(H,31,34)(H,32,35,37)/b19-9-. The number of anilines is 2. The molecular formula is C27H20BrCl2N3O6. The fraction of sp³-hybridized carbons (Fsp3) is 0.111. The van der Waals surface area contributed by atoms with Gasteiger partial charge in [0.2, 0.25) is 0 Å². The van der Waals surface area contributed by atoms with Gasteiger partial charge in [0.05, 0.1) is 17.3 Å². The number of hydrogen-bond donors (Lipinski definition) is 2. The first-order valence-corrected chi connectivity index (χ1v) is 12.9. The molecule has 0 aromatic heterocycles. The Labute approximate surface area is 241 Å². The number of nitrogens with one attached hydrogen (secondary N) is 2. The first-order chi connectivity index (χ1) is 18.6. The predicted octanol–water partition coefficient (Wildman–Crippen LogP) is 5.76. The van der Waals surface area contributed by atoms with E-state index >= 15 is 0 Å². The molecule has 0 atom stereocenters. The van der Waals surface area contributed by atoms with E-state index in [0.29, 0.717) is 25.8 Å². The zero-order valence-electron chi connectivity index (χ0n) is 20.5. The number of nitrogens with zero attached hydrogens (tertiary/aromatic N) is 1. The Balaban J connectivity index is 1.54. The summed E-state index contributed by atoms with van der Waals surface area (Å²) in [6.07, 6.45) is 1.32. The van der Waals surface area contributed by atoms with Gasteiger partial charge in [-0.05, 0) is 88.6 Å². The third-order valence-electron chi connectivity index (χ3n) is 5.55. The minimum absolute atomic E-state index is 0.231. The molecule has 12 heteroatoms. The molecule has 5 amide bonds. The quantitative estimate of drug-likeness (QED) is 0.253. The molecule has 2 N–H and O–H groups in total. The number of ether oxygens (including phenoxy) is 2. The maximum Gasteiger partial charge on any atom is 0.335 e. The molecule has 0 radical (unpaired) electrons. The highest BCUT2D eigenvalue weighted by molar-refractivity contribution is 9.10. The monoisotopic (exact) mass is 631 g/mol. The Morgan fingerprint density at radius 3 is 2.46 bits per heavy atom. The second-order valence-electron chi connectivity index (χ2n) is 8.27. The second kappa shape index (κ2) is 11.9. The molecule has 0 unspecified atom stereocenters. The van der Waals surface area contributed by atoms with Crippen LogP contribution in [0.15, 0.2) is 64.6 Å². The molecule has 4 rings (SSSR count). The van der Waals surface area contributed by atoms with E-state index in [-0.39, 0.29) is 29.4 Å². The van der Waals surface area contributed by atoms with Gasteiger partial charge in [0.25, 0.3) is 17.7 Å². The largest absolute Gasteiger partial charge is 0.493 e. The van der Waals surface area contributed by atoms with Crippen molar-refractivity contribution < 1.29 is 28.7 Å². The molecule has 39 heavy (non-hydrogen) atoms. The smallest absolute Gasteiger partial charge is 0.335 e. The van der Waals surface area contributed by atoms with E-state index in [1.807, 2.05) is 6.92 Å². The summed E-state index contributed by atoms with van der Waals surface area (Å²) < 4.78 is 11.5. The van der Waals surface area contributed by atoms with Crippen LogP contribution in [-0.2, 0) is 14.4 Å². The van der Waals surface area contributed by atoms with Gasteiger partial charge in [0, 0.05) is 15.7 Å². The summed E-state index contributed by atoms with van der Waals surface area (Å²) in [7, 11) is 1.40. The first kappa shape index (κ1) is 28.2. The van der Waals surface area contributed by atoms with Crippen molar-refractivity contribution in [1.29, 1.82) is 0 Å². The highest BCUT2D eigenvalue weighted by Gasteiger charge is 2.36. The van der Waals surface area contributed by atoms with E-state index in [1.54, 1.807) is 24.3 Å². The third kappa shape index (κ3) is 6.42. The van der Waals surface area contributed by atoms with Gasteiger partial charge in [-0.2, -0.15) is 0 Å². The normalized spacial score (nSPS) is 14.3. The van der Waals surface area contributed by atoms with Crippen LogP contribution in [0.4, 0.5) is 16.2 Å². The van der Waals surface area contributed by atoms with Crippen LogP contribution in [0.25, 0.3) is 6.08 Å². The van der Waals surface area contributed by atoms with Crippen molar-refractivity contribution >= 4 is 80.3 Å². The minimum atomic E-state index is -0.877. The number of aryl methyl sites for hydroxylation is 1. The Kier molecular flexibility index (Phi) is 8.59. The van der Waals surface area contributed by atoms with Crippen LogP contribution in [0.1, 0.15) is 11.1 Å². The number of halogens is 3. The summed E-state index contributed by atoms with van der Waals surface area (Å²) in [5.74, 6) is -1.62. The number of rotatable bonds is 7. The number of methoxy groups -OCH3 is 1. The van der Waals surface area contributed by atoms with Gasteiger partial charge >= 0.3 is 6.03 Å². The highest BCUT2D eigenvalue weighted by atomic mass is 79.9. The zero-order chi connectivity index (χ0) is 28.3. The van der Waals surface area contributed by atoms with Gasteiger partial charge in [0.15, 0.2) is 18.1 Å². The molecule has 3 aromatic carbocycles. The first-order valence-electron chi connectivity index (χ1n) is 11.3. The molecule has 1 fully saturated rings. The summed E-state index contributed by atoms with van der Waals surface area (Å²) in [6, 6.07) is 13.4. The van der Waals surface area contributed by atoms with Gasteiger partial charge < -0.3 is 14.8 Å². The fourth-order valence-corrected chi connectivity index (χ4v) is 4.50. The number of imide groups is 2. The van der Waals surface area contributed by atoms with E-state index in [2.05, 4.69) is 26.6 Å². The Morgan fingerprint density at radius 2 is 1.79 bits per heavy atom. The van der Waals surface area contributed by atoms with Crippen molar-refractivity contribution in [2.24, 2.45) is 0 Å². The number of amides is 5. The van der Waals surface area contributed by atoms with Crippen LogP contribution in [-0.4, -0.2) is 37.5 Å². The molecule has 3 aromatic rings. The molecule has 1 aliphatic rings. The molecule has 200 valence electrons. The summed E-state index contributed by atoms with van der Waals surface area (Å²) in [6.45, 7) is 1.52. The van der Waals surface area contributed by atoms with Crippen LogP contribution >= 0.6 is 39.1 Å². The summed E-state index contributed by atoms with van der Waals surface area (Å²) in [5, 5.41) is 5.81. The Bertz CT molecular complexity index is 1520. The molecule has 9 nitrogen and oxygen atoms in total. The van der Waals surface area contributed by atoms with Crippen LogP contribution in [0, 0.1) is 6.92 Å². The third-order valence-corrected chi connectivity index (χ3v) is 6.80. The number of carbonyl (C=O) groups excluding carboxylic acids is 4. The van der Waals surface area contributed by atoms with Gasteiger partial charge in [-0.3, -0.25) is 19.7 Å². The lowest BCUT2D eigenvalue weighted by atomic mass is 10.1. The van der Waals surface area contributed by atoms with Crippen molar-refractivity contribution in [3.05, 3.63) is 85.8 Å². The van der Waals surface area contributed by atoms with Crippen molar-refractivity contribution in [1.82, 2.24) is 5.32 Å². The molecular weight excluding hydrogens is 613 g/mol. The molecule has 1 aliphatic heterocycles. The average Bonchev–Trinajstić information content (AvgIpc) is 2.88. The summed E-state index contributed by atoms with van der Waals surface area (Å²) in [4.78, 5) is 51.3. The summed E-state index contributed by atoms with van der Waals surface area (Å²) in [5.41, 5.74) is 1.77. The maximum absolute atomic E-state index is 13.1. The molecule has 0 spiro atoms. The maximum atomic E-state index is 13.1. The zero-order valence-corrected chi connectivity index (χ0v) is 23.6. The van der Waals surface area contributed by atoms with Gasteiger partial charge in [0.1, 0.15) is 5.57 Å². The Morgan fingerprint density at radius 1 is 1.08 bits per heavy atom. The van der Waals surface area contributed by atoms with Gasteiger partial charge in [-0.15, -0.1) is 0 Å². The average molecular weight is 633 g/mol. The van der Waals surface area contributed by atoms with Crippen molar-refractivity contribution in [3.8, 4) is 11.5 Å². The summed E-state index contributed by atoms with van der Waals surface area (Å²) >= 11 is 15.4. The second-order valence-corrected chi connectivity index (χ2v) is 9.97. The topological polar surface area (TPSA) is 114 Å². The molecule has 0 bridgehead atoms. The van der Waals surface area contributed by atoms with E-state index in [1.165, 1.54) is 43.5 Å². The molecule has 0 saturated carbocycles. The molecule has 1 saturated heterocycles. The van der Waals surface area contributed by atoms with Crippen molar-refractivity contribution in [2.75, 3.05) is 23.9 Å². The van der Waals surface area contributed by atoms with Crippen molar-refractivity contribution in [3.63, 3.8) is 0 Å². The lowest BCUT2D eigenvalue weighted by molar-refractivity contribution is -0.122. The lowest BCUT2D eigenvalue weighted by Gasteiger charge is -2.26. The van der Waals surface area contributed by atoms with Crippen molar-refractivity contribution in [2.45, 2.75) is 6.92 Å². The number of urea groups is 1. The highest BCUT2D eigenvalue weighted by Crippen LogP contribution is 2.37. The number of barbiturate groups is 1. The number of hydrogen-bond acceptors (Lipinski definition) is 6. The molecule has 1 heterocycles. The minimum Gasteiger partial charge on any atom is -0.493 e. The Hall–Kier alpha value is -3.86. The number of benzene rings is 3. The van der Waals surface area contributed by atoms with Crippen LogP contribution < -0.4 is 25.0 Å². The van der Waals surface area contributed by atoms with Crippen LogP contribution in [0.3, 0.4) is 0 Å². The lowest BCUT2D eigenvalue weighted by Crippen LogP contribution is -2.54.